The highest BCUT2D eigenvalue weighted by Crippen LogP contribution is 2.22. The lowest BCUT2D eigenvalue weighted by molar-refractivity contribution is 0.0742. The molecule has 0 saturated carbocycles. The van der Waals surface area contributed by atoms with Crippen LogP contribution in [-0.2, 0) is 0 Å². The van der Waals surface area contributed by atoms with E-state index in [9.17, 15) is 18.4 Å². The molecule has 1 aliphatic heterocycles. The second kappa shape index (κ2) is 8.45. The van der Waals surface area contributed by atoms with Gasteiger partial charge in [0.1, 0.15) is 11.6 Å². The van der Waals surface area contributed by atoms with E-state index >= 15 is 0 Å². The third-order valence-corrected chi connectivity index (χ3v) is 5.27. The van der Waals surface area contributed by atoms with Gasteiger partial charge in [0.05, 0.1) is 11.3 Å². The number of rotatable bonds is 4. The largest absolute Gasteiger partial charge is 0.366 e. The normalized spacial score (nSPS) is 13.9. The minimum atomic E-state index is -0.427. The number of halogens is 2. The first kappa shape index (κ1) is 19.8. The molecular weight excluding hydrogens is 386 g/mol. The van der Waals surface area contributed by atoms with E-state index in [0.717, 1.165) is 0 Å². The van der Waals surface area contributed by atoms with Crippen LogP contribution >= 0.6 is 0 Å². The van der Waals surface area contributed by atoms with Crippen LogP contribution in [0.1, 0.15) is 26.3 Å². The Morgan fingerprint density at radius 1 is 0.700 bits per heavy atom. The van der Waals surface area contributed by atoms with Crippen LogP contribution in [0.15, 0.2) is 72.8 Å². The minimum absolute atomic E-state index is 0.241. The highest BCUT2D eigenvalue weighted by Gasteiger charge is 2.26. The summed E-state index contributed by atoms with van der Waals surface area (Å²) in [4.78, 5) is 29.6. The van der Waals surface area contributed by atoms with Gasteiger partial charge in [-0.15, -0.1) is 0 Å². The zero-order valence-corrected chi connectivity index (χ0v) is 16.2. The maximum absolute atomic E-state index is 14.0. The number of hydrogen-bond donors (Lipinski definition) is 0. The smallest absolute Gasteiger partial charge is 0.254 e. The fraction of sp³-hybridized carbons (Fsp3) is 0.167. The van der Waals surface area contributed by atoms with Crippen LogP contribution in [0.2, 0.25) is 0 Å². The second-order valence-corrected chi connectivity index (χ2v) is 7.11. The van der Waals surface area contributed by atoms with E-state index < -0.39 is 5.82 Å². The minimum Gasteiger partial charge on any atom is -0.366 e. The van der Waals surface area contributed by atoms with E-state index in [4.69, 9.17) is 0 Å². The summed E-state index contributed by atoms with van der Waals surface area (Å²) in [6, 6.07) is 18.5. The molecule has 0 N–H and O–H groups in total. The van der Waals surface area contributed by atoms with Crippen LogP contribution < -0.4 is 4.90 Å². The number of anilines is 1. The number of ketones is 1. The molecule has 1 saturated heterocycles. The molecule has 1 amide bonds. The predicted molar refractivity (Wildman–Crippen MR) is 111 cm³/mol. The monoisotopic (exact) mass is 406 g/mol. The second-order valence-electron chi connectivity index (χ2n) is 7.11. The van der Waals surface area contributed by atoms with Gasteiger partial charge in [-0.05, 0) is 42.5 Å². The van der Waals surface area contributed by atoms with E-state index in [1.165, 1.54) is 30.3 Å². The number of hydrogen-bond acceptors (Lipinski definition) is 3. The summed E-state index contributed by atoms with van der Waals surface area (Å²) in [7, 11) is 0. The van der Waals surface area contributed by atoms with Crippen LogP contribution in [0.3, 0.4) is 0 Å². The van der Waals surface area contributed by atoms with E-state index in [2.05, 4.69) is 0 Å². The standard InChI is InChI=1S/C24H20F2N2O2/c25-18-11-9-17(10-12-18)23(29)19-5-1-2-6-20(19)24(30)28-15-13-27(14-16-28)22-8-4-3-7-21(22)26/h1-12H,13-16H2. The first-order valence-electron chi connectivity index (χ1n) is 9.72. The molecule has 1 heterocycles. The fourth-order valence-corrected chi connectivity index (χ4v) is 3.65. The SMILES string of the molecule is O=C(c1ccc(F)cc1)c1ccccc1C(=O)N1CCN(c2ccccc2F)CC1. The average molecular weight is 406 g/mol. The van der Waals surface area contributed by atoms with Crippen molar-refractivity contribution in [2.45, 2.75) is 0 Å². The molecule has 1 fully saturated rings. The van der Waals surface area contributed by atoms with Gasteiger partial charge in [-0.1, -0.05) is 30.3 Å². The molecule has 1 aliphatic rings. The zero-order valence-electron chi connectivity index (χ0n) is 16.2. The van der Waals surface area contributed by atoms with Gasteiger partial charge in [0.25, 0.3) is 5.91 Å². The quantitative estimate of drug-likeness (QED) is 0.611. The molecule has 0 radical (unpaired) electrons. The van der Waals surface area contributed by atoms with Gasteiger partial charge < -0.3 is 9.80 Å². The number of amides is 1. The van der Waals surface area contributed by atoms with Gasteiger partial charge >= 0.3 is 0 Å². The summed E-state index contributed by atoms with van der Waals surface area (Å²) in [6.07, 6.45) is 0. The van der Waals surface area contributed by atoms with Crippen molar-refractivity contribution in [2.24, 2.45) is 0 Å². The van der Waals surface area contributed by atoms with Crippen molar-refractivity contribution >= 4 is 17.4 Å². The molecule has 6 heteroatoms. The number of benzene rings is 3. The van der Waals surface area contributed by atoms with E-state index in [0.29, 0.717) is 43.0 Å². The van der Waals surface area contributed by atoms with E-state index in [-0.39, 0.29) is 23.1 Å². The van der Waals surface area contributed by atoms with Gasteiger partial charge in [0.2, 0.25) is 0 Å². The van der Waals surface area contributed by atoms with Crippen molar-refractivity contribution in [1.29, 1.82) is 0 Å². The van der Waals surface area contributed by atoms with Crippen LogP contribution in [0.5, 0.6) is 0 Å². The number of carbonyl (C=O) groups is 2. The summed E-state index contributed by atoms with van der Waals surface area (Å²) in [5.41, 5.74) is 1.44. The Bertz CT molecular complexity index is 1070. The van der Waals surface area contributed by atoms with Crippen LogP contribution in [0, 0.1) is 11.6 Å². The molecule has 0 aliphatic carbocycles. The predicted octanol–water partition coefficient (Wildman–Crippen LogP) is 4.16. The Morgan fingerprint density at radius 3 is 1.97 bits per heavy atom. The van der Waals surface area contributed by atoms with Crippen molar-refractivity contribution in [3.63, 3.8) is 0 Å². The molecule has 4 nitrogen and oxygen atoms in total. The number of piperazine rings is 1. The molecule has 3 aromatic rings. The van der Waals surface area contributed by atoms with Crippen molar-refractivity contribution in [1.82, 2.24) is 4.90 Å². The first-order chi connectivity index (χ1) is 14.5. The molecule has 0 spiro atoms. The molecular formula is C24H20F2N2O2. The van der Waals surface area contributed by atoms with E-state index in [1.807, 2.05) is 4.90 Å². The average Bonchev–Trinajstić information content (AvgIpc) is 2.79. The number of nitrogens with zero attached hydrogens (tertiary/aromatic N) is 2. The highest BCUT2D eigenvalue weighted by molar-refractivity contribution is 6.15. The molecule has 30 heavy (non-hydrogen) atoms. The maximum Gasteiger partial charge on any atom is 0.254 e. The van der Waals surface area contributed by atoms with E-state index in [1.54, 1.807) is 47.4 Å². The number of carbonyl (C=O) groups excluding carboxylic acids is 2. The Balaban J connectivity index is 1.51. The lowest BCUT2D eigenvalue weighted by Gasteiger charge is -2.36. The topological polar surface area (TPSA) is 40.6 Å². The van der Waals surface area contributed by atoms with Crippen molar-refractivity contribution in [3.8, 4) is 0 Å². The molecule has 0 atom stereocenters. The molecule has 0 aromatic heterocycles. The summed E-state index contributed by atoms with van der Waals surface area (Å²) in [5.74, 6) is -1.28. The molecule has 4 rings (SSSR count). The van der Waals surface area contributed by atoms with Gasteiger partial charge in [0, 0.05) is 37.3 Å². The van der Waals surface area contributed by atoms with Crippen molar-refractivity contribution < 1.29 is 18.4 Å². The Hall–Kier alpha value is -3.54. The molecule has 152 valence electrons. The lowest BCUT2D eigenvalue weighted by Crippen LogP contribution is -2.49. The Morgan fingerprint density at radius 2 is 1.30 bits per heavy atom. The summed E-state index contributed by atoms with van der Waals surface area (Å²) < 4.78 is 27.2. The molecule has 0 unspecified atom stereocenters. The first-order valence-corrected chi connectivity index (χ1v) is 9.72. The summed E-state index contributed by atoms with van der Waals surface area (Å²) in [5, 5.41) is 0. The summed E-state index contributed by atoms with van der Waals surface area (Å²) >= 11 is 0. The van der Waals surface area contributed by atoms with Crippen molar-refractivity contribution in [3.05, 3.63) is 101 Å². The number of para-hydroxylation sites is 1. The lowest BCUT2D eigenvalue weighted by atomic mass is 9.97. The molecule has 0 bridgehead atoms. The summed E-state index contributed by atoms with van der Waals surface area (Å²) in [6.45, 7) is 1.85. The van der Waals surface area contributed by atoms with Crippen LogP contribution in [-0.4, -0.2) is 42.8 Å². The highest BCUT2D eigenvalue weighted by atomic mass is 19.1. The van der Waals surface area contributed by atoms with Gasteiger partial charge in [-0.2, -0.15) is 0 Å². The maximum atomic E-state index is 14.0. The van der Waals surface area contributed by atoms with Gasteiger partial charge in [-0.3, -0.25) is 9.59 Å². The van der Waals surface area contributed by atoms with Gasteiger partial charge in [0.15, 0.2) is 5.78 Å². The fourth-order valence-electron chi connectivity index (χ4n) is 3.65. The van der Waals surface area contributed by atoms with Crippen molar-refractivity contribution in [2.75, 3.05) is 31.1 Å². The third-order valence-electron chi connectivity index (χ3n) is 5.27. The van der Waals surface area contributed by atoms with Crippen LogP contribution in [0.4, 0.5) is 14.5 Å². The zero-order chi connectivity index (χ0) is 21.1. The third kappa shape index (κ3) is 3.94. The Kier molecular flexibility index (Phi) is 5.57. The molecule has 3 aromatic carbocycles. The van der Waals surface area contributed by atoms with Crippen LogP contribution in [0.25, 0.3) is 0 Å². The van der Waals surface area contributed by atoms with Gasteiger partial charge in [-0.25, -0.2) is 8.78 Å². The Labute approximate surface area is 173 Å².